The number of nitrogens with zero attached hydrogens (tertiary/aromatic N) is 1. The number of hydrogen-bond acceptors (Lipinski definition) is 7. The summed E-state index contributed by atoms with van der Waals surface area (Å²) in [6.45, 7) is 1.70. The molecule has 1 atom stereocenters. The van der Waals surface area contributed by atoms with E-state index in [4.69, 9.17) is 20.9 Å². The first-order chi connectivity index (χ1) is 11.1. The minimum Gasteiger partial charge on any atom is -0.399 e. The normalized spacial score (nSPS) is 17.5. The molecule has 1 aromatic heterocycles. The third-order valence-electron chi connectivity index (χ3n) is 3.18. The van der Waals surface area contributed by atoms with Crippen molar-refractivity contribution >= 4 is 44.9 Å². The predicted octanol–water partition coefficient (Wildman–Crippen LogP) is 2.27. The van der Waals surface area contributed by atoms with Crippen LogP contribution in [-0.2, 0) is 14.3 Å². The third-order valence-corrected chi connectivity index (χ3v) is 5.37. The van der Waals surface area contributed by atoms with Crippen LogP contribution in [0, 0.1) is 0 Å². The molecule has 2 aromatic rings. The first-order valence-electron chi connectivity index (χ1n) is 7.26. The van der Waals surface area contributed by atoms with Crippen LogP contribution in [0.3, 0.4) is 0 Å². The van der Waals surface area contributed by atoms with Gasteiger partial charge >= 0.3 is 0 Å². The Kier molecular flexibility index (Phi) is 7.10. The fourth-order valence-corrected chi connectivity index (χ4v) is 3.87. The second-order valence-corrected chi connectivity index (χ2v) is 7.29. The predicted molar refractivity (Wildman–Crippen MR) is 94.8 cm³/mol. The molecule has 1 aliphatic heterocycles. The number of carbonyl (C=O) groups is 1. The number of aromatic nitrogens is 1. The molecule has 126 valence electrons. The highest BCUT2D eigenvalue weighted by Gasteiger charge is 2.11. The summed E-state index contributed by atoms with van der Waals surface area (Å²) in [6, 6.07) is 5.56. The minimum absolute atomic E-state index is 0.259. The van der Waals surface area contributed by atoms with E-state index in [1.165, 1.54) is 23.1 Å². The average Bonchev–Trinajstić information content (AvgIpc) is 2.96. The van der Waals surface area contributed by atoms with Crippen LogP contribution >= 0.6 is 23.1 Å². The number of nitrogens with two attached hydrogens (primary N) is 2. The maximum Gasteiger partial charge on any atom is 0.227 e. The van der Waals surface area contributed by atoms with Gasteiger partial charge in [-0.1, -0.05) is 11.8 Å². The van der Waals surface area contributed by atoms with Crippen LogP contribution < -0.4 is 11.5 Å². The summed E-state index contributed by atoms with van der Waals surface area (Å²) in [7, 11) is 1.74. The molecule has 6 nitrogen and oxygen atoms in total. The molecular weight excluding hydrogens is 334 g/mol. The fraction of sp³-hybridized carbons (Fsp3) is 0.467. The summed E-state index contributed by atoms with van der Waals surface area (Å²) >= 11 is 2.87. The number of hydrogen-bond donors (Lipinski definition) is 2. The monoisotopic (exact) mass is 355 g/mol. The molecule has 0 radical (unpaired) electrons. The van der Waals surface area contributed by atoms with Crippen LogP contribution in [-0.4, -0.2) is 43.1 Å². The number of rotatable bonds is 4. The SMILES string of the molecule is COC1CCCOC1.NC(=O)CSc1nc2ccc(N)cc2s1. The summed E-state index contributed by atoms with van der Waals surface area (Å²) in [5.41, 5.74) is 12.3. The number of ether oxygens (including phenoxy) is 2. The van der Waals surface area contributed by atoms with Crippen LogP contribution in [0.5, 0.6) is 0 Å². The van der Waals surface area contributed by atoms with E-state index in [2.05, 4.69) is 4.98 Å². The van der Waals surface area contributed by atoms with E-state index < -0.39 is 0 Å². The maximum atomic E-state index is 10.6. The van der Waals surface area contributed by atoms with Crippen molar-refractivity contribution in [2.75, 3.05) is 31.8 Å². The number of primary amides is 1. The number of methoxy groups -OCH3 is 1. The van der Waals surface area contributed by atoms with E-state index in [1.54, 1.807) is 7.11 Å². The van der Waals surface area contributed by atoms with Gasteiger partial charge < -0.3 is 20.9 Å². The van der Waals surface area contributed by atoms with Gasteiger partial charge in [-0.15, -0.1) is 11.3 Å². The Balaban J connectivity index is 0.000000203. The number of benzene rings is 1. The van der Waals surface area contributed by atoms with Gasteiger partial charge in [0.05, 0.1) is 28.7 Å². The smallest absolute Gasteiger partial charge is 0.227 e. The van der Waals surface area contributed by atoms with Crippen molar-refractivity contribution < 1.29 is 14.3 Å². The lowest BCUT2D eigenvalue weighted by Gasteiger charge is -2.19. The molecule has 8 heteroatoms. The molecule has 1 saturated heterocycles. The van der Waals surface area contributed by atoms with Crippen LogP contribution in [0.1, 0.15) is 12.8 Å². The lowest BCUT2D eigenvalue weighted by molar-refractivity contribution is -0.115. The van der Waals surface area contributed by atoms with Gasteiger partial charge in [-0.2, -0.15) is 0 Å². The molecule has 0 saturated carbocycles. The van der Waals surface area contributed by atoms with E-state index in [0.29, 0.717) is 6.10 Å². The molecule has 23 heavy (non-hydrogen) atoms. The zero-order valence-electron chi connectivity index (χ0n) is 13.0. The van der Waals surface area contributed by atoms with Crippen molar-refractivity contribution in [3.63, 3.8) is 0 Å². The maximum absolute atomic E-state index is 10.6. The summed E-state index contributed by atoms with van der Waals surface area (Å²) < 4.78 is 12.1. The number of fused-ring (bicyclic) bond motifs is 1. The first kappa shape index (κ1) is 18.0. The second kappa shape index (κ2) is 9.07. The molecule has 3 rings (SSSR count). The number of nitrogen functional groups attached to an aromatic ring is 1. The molecule has 1 aliphatic rings. The zero-order chi connectivity index (χ0) is 16.7. The molecule has 0 aliphatic carbocycles. The standard InChI is InChI=1S/C9H9N3OS2.C6H12O2/c10-5-1-2-6-7(3-5)15-9(12-6)14-4-8(11)13;1-7-6-3-2-4-8-5-6/h1-3H,4,10H2,(H2,11,13);6H,2-5H2,1H3. The quantitative estimate of drug-likeness (QED) is 0.644. The molecule has 4 N–H and O–H groups in total. The van der Waals surface area contributed by atoms with Crippen molar-refractivity contribution in [1.82, 2.24) is 4.98 Å². The van der Waals surface area contributed by atoms with Crippen LogP contribution in [0.25, 0.3) is 10.2 Å². The van der Waals surface area contributed by atoms with Crippen molar-refractivity contribution in [1.29, 1.82) is 0 Å². The van der Waals surface area contributed by atoms with Gasteiger partial charge in [-0.3, -0.25) is 4.79 Å². The number of amides is 1. The molecule has 0 spiro atoms. The van der Waals surface area contributed by atoms with Gasteiger partial charge in [-0.05, 0) is 31.0 Å². The number of thioether (sulfide) groups is 1. The Morgan fingerprint density at radius 1 is 1.57 bits per heavy atom. The van der Waals surface area contributed by atoms with Crippen LogP contribution in [0.2, 0.25) is 0 Å². The summed E-state index contributed by atoms with van der Waals surface area (Å²) in [5, 5.41) is 0. The Bertz CT molecular complexity index is 642. The van der Waals surface area contributed by atoms with Crippen LogP contribution in [0.15, 0.2) is 22.5 Å². The van der Waals surface area contributed by atoms with Crippen molar-refractivity contribution in [2.45, 2.75) is 23.3 Å². The Hall–Kier alpha value is -1.35. The van der Waals surface area contributed by atoms with E-state index in [0.717, 1.165) is 46.3 Å². The highest BCUT2D eigenvalue weighted by molar-refractivity contribution is 8.01. The van der Waals surface area contributed by atoms with Gasteiger partial charge in [0, 0.05) is 19.4 Å². The van der Waals surface area contributed by atoms with E-state index in [-0.39, 0.29) is 11.7 Å². The first-order valence-corrected chi connectivity index (χ1v) is 9.06. The Labute approximate surface area is 143 Å². The number of thiazole rings is 1. The summed E-state index contributed by atoms with van der Waals surface area (Å²) in [4.78, 5) is 14.9. The second-order valence-electron chi connectivity index (χ2n) is 5.04. The molecule has 1 unspecified atom stereocenters. The average molecular weight is 355 g/mol. The van der Waals surface area contributed by atoms with Gasteiger partial charge in [0.1, 0.15) is 0 Å². The summed E-state index contributed by atoms with van der Waals surface area (Å²) in [5.74, 6) is -0.0752. The van der Waals surface area contributed by atoms with Crippen molar-refractivity contribution in [3.05, 3.63) is 18.2 Å². The molecule has 1 amide bonds. The zero-order valence-corrected chi connectivity index (χ0v) is 14.6. The van der Waals surface area contributed by atoms with Gasteiger partial charge in [-0.25, -0.2) is 4.98 Å². The van der Waals surface area contributed by atoms with E-state index in [1.807, 2.05) is 18.2 Å². The lowest BCUT2D eigenvalue weighted by atomic mass is 10.2. The molecule has 2 heterocycles. The highest BCUT2D eigenvalue weighted by Crippen LogP contribution is 2.30. The topological polar surface area (TPSA) is 100 Å². The lowest BCUT2D eigenvalue weighted by Crippen LogP contribution is -2.23. The Morgan fingerprint density at radius 2 is 2.39 bits per heavy atom. The van der Waals surface area contributed by atoms with E-state index >= 15 is 0 Å². The third kappa shape index (κ3) is 5.98. The van der Waals surface area contributed by atoms with Crippen molar-refractivity contribution in [2.24, 2.45) is 5.73 Å². The molecular formula is C15H21N3O3S2. The van der Waals surface area contributed by atoms with Gasteiger partial charge in [0.2, 0.25) is 5.91 Å². The number of carbonyl (C=O) groups excluding carboxylic acids is 1. The largest absolute Gasteiger partial charge is 0.399 e. The Morgan fingerprint density at radius 3 is 3.00 bits per heavy atom. The van der Waals surface area contributed by atoms with E-state index in [9.17, 15) is 4.79 Å². The molecule has 0 bridgehead atoms. The number of anilines is 1. The van der Waals surface area contributed by atoms with Crippen LogP contribution in [0.4, 0.5) is 5.69 Å². The summed E-state index contributed by atoms with van der Waals surface area (Å²) in [6.07, 6.45) is 2.68. The molecule has 1 fully saturated rings. The minimum atomic E-state index is -0.334. The fourth-order valence-electron chi connectivity index (χ4n) is 2.01. The van der Waals surface area contributed by atoms with Gasteiger partial charge in [0.25, 0.3) is 0 Å². The van der Waals surface area contributed by atoms with Crippen molar-refractivity contribution in [3.8, 4) is 0 Å². The molecule has 1 aromatic carbocycles. The highest BCUT2D eigenvalue weighted by atomic mass is 32.2. The van der Waals surface area contributed by atoms with Gasteiger partial charge in [0.15, 0.2) is 4.34 Å².